The van der Waals surface area contributed by atoms with Crippen LogP contribution >= 0.6 is 15.9 Å². The predicted octanol–water partition coefficient (Wildman–Crippen LogP) is 1.54. The molecule has 1 aliphatic rings. The van der Waals surface area contributed by atoms with Gasteiger partial charge in [0.05, 0.1) is 12.7 Å². The number of methoxy groups -OCH3 is 1. The van der Waals surface area contributed by atoms with Gasteiger partial charge in [-0.2, -0.15) is 0 Å². The second-order valence-corrected chi connectivity index (χ2v) is 5.01. The van der Waals surface area contributed by atoms with Crippen molar-refractivity contribution in [2.24, 2.45) is 0 Å². The third-order valence-electron chi connectivity index (χ3n) is 2.53. The van der Waals surface area contributed by atoms with Crippen molar-refractivity contribution in [1.29, 1.82) is 0 Å². The molecule has 1 fully saturated rings. The predicted molar refractivity (Wildman–Crippen MR) is 68.1 cm³/mol. The minimum absolute atomic E-state index is 0.314. The van der Waals surface area contributed by atoms with E-state index in [2.05, 4.69) is 31.2 Å². The summed E-state index contributed by atoms with van der Waals surface area (Å²) >= 11 is 3.37. The summed E-state index contributed by atoms with van der Waals surface area (Å²) < 4.78 is 5.63. The average Bonchev–Trinajstić information content (AvgIpc) is 3.10. The Bertz CT molecular complexity index is 385. The monoisotopic (exact) mass is 301 g/mol. The first-order chi connectivity index (χ1) is 8.19. The van der Waals surface area contributed by atoms with Crippen LogP contribution in [0.1, 0.15) is 24.6 Å². The molecule has 94 valence electrons. The first-order valence-electron chi connectivity index (χ1n) is 5.64. The molecule has 0 aliphatic heterocycles. The number of ether oxygens (including phenoxy) is 1. The number of hydrogen-bond acceptors (Lipinski definition) is 5. The lowest BCUT2D eigenvalue weighted by atomic mass is 10.3. The Kier molecular flexibility index (Phi) is 4.31. The fraction of sp³-hybridized carbons (Fsp3) is 0.636. The van der Waals surface area contributed by atoms with Crippen LogP contribution in [-0.4, -0.2) is 41.4 Å². The van der Waals surface area contributed by atoms with Crippen LogP contribution in [0.2, 0.25) is 0 Å². The van der Waals surface area contributed by atoms with Crippen LogP contribution in [0, 0.1) is 0 Å². The molecule has 0 spiro atoms. The minimum atomic E-state index is -0.530. The van der Waals surface area contributed by atoms with E-state index in [9.17, 15) is 5.11 Å². The fourth-order valence-electron chi connectivity index (χ4n) is 1.52. The molecular weight excluding hydrogens is 286 g/mol. The van der Waals surface area contributed by atoms with E-state index in [0.29, 0.717) is 19.1 Å². The summed E-state index contributed by atoms with van der Waals surface area (Å²) in [5.41, 5.74) is 0. The summed E-state index contributed by atoms with van der Waals surface area (Å²) in [6, 6.07) is 1.81. The van der Waals surface area contributed by atoms with Crippen LogP contribution in [0.15, 0.2) is 10.7 Å². The molecule has 1 aromatic heterocycles. The number of aromatic nitrogens is 2. The van der Waals surface area contributed by atoms with Crippen molar-refractivity contribution in [2.45, 2.75) is 24.9 Å². The van der Waals surface area contributed by atoms with Gasteiger partial charge in [0, 0.05) is 25.6 Å². The second-order valence-electron chi connectivity index (χ2n) is 4.20. The van der Waals surface area contributed by atoms with Gasteiger partial charge in [-0.25, -0.2) is 9.97 Å². The zero-order chi connectivity index (χ0) is 12.3. The van der Waals surface area contributed by atoms with Crippen molar-refractivity contribution in [2.75, 3.05) is 25.6 Å². The lowest BCUT2D eigenvalue weighted by Gasteiger charge is -2.12. The van der Waals surface area contributed by atoms with Crippen LogP contribution in [0.5, 0.6) is 0 Å². The summed E-state index contributed by atoms with van der Waals surface area (Å²) in [6.45, 7) is 0.732. The first kappa shape index (κ1) is 12.7. The van der Waals surface area contributed by atoms with E-state index < -0.39 is 6.10 Å². The smallest absolute Gasteiger partial charge is 0.135 e. The fourth-order valence-corrected chi connectivity index (χ4v) is 1.92. The molecule has 2 rings (SSSR count). The molecule has 1 aliphatic carbocycles. The highest BCUT2D eigenvalue weighted by Gasteiger charge is 2.27. The van der Waals surface area contributed by atoms with Crippen molar-refractivity contribution in [1.82, 2.24) is 9.97 Å². The van der Waals surface area contributed by atoms with E-state index in [4.69, 9.17) is 4.74 Å². The van der Waals surface area contributed by atoms with E-state index in [-0.39, 0.29) is 0 Å². The van der Waals surface area contributed by atoms with Crippen molar-refractivity contribution in [3.63, 3.8) is 0 Å². The Morgan fingerprint density at radius 3 is 3.00 bits per heavy atom. The molecule has 1 atom stereocenters. The van der Waals surface area contributed by atoms with Crippen LogP contribution in [-0.2, 0) is 4.74 Å². The van der Waals surface area contributed by atoms with Crippen molar-refractivity contribution >= 4 is 21.7 Å². The molecule has 0 radical (unpaired) electrons. The molecular formula is C11H16BrN3O2. The van der Waals surface area contributed by atoms with Gasteiger partial charge in [-0.3, -0.25) is 0 Å². The molecule has 0 saturated heterocycles. The van der Waals surface area contributed by atoms with E-state index in [1.165, 1.54) is 12.8 Å². The molecule has 1 saturated carbocycles. The number of aliphatic hydroxyl groups is 1. The largest absolute Gasteiger partial charge is 0.389 e. The Labute approximate surface area is 109 Å². The van der Waals surface area contributed by atoms with E-state index >= 15 is 0 Å². The molecule has 0 aromatic carbocycles. The van der Waals surface area contributed by atoms with Gasteiger partial charge in [0.25, 0.3) is 0 Å². The van der Waals surface area contributed by atoms with Crippen LogP contribution < -0.4 is 5.32 Å². The van der Waals surface area contributed by atoms with Gasteiger partial charge in [0.15, 0.2) is 0 Å². The standard InChI is InChI=1S/C11H16BrN3O2/c1-17-6-8(16)5-13-10-4-9(12)14-11(15-10)7-2-3-7/h4,7-8,16H,2-3,5-6H2,1H3,(H,13,14,15). The topological polar surface area (TPSA) is 67.3 Å². The highest BCUT2D eigenvalue weighted by Crippen LogP contribution is 2.38. The molecule has 1 unspecified atom stereocenters. The van der Waals surface area contributed by atoms with Crippen LogP contribution in [0.4, 0.5) is 5.82 Å². The maximum Gasteiger partial charge on any atom is 0.135 e. The van der Waals surface area contributed by atoms with Crippen molar-refractivity contribution < 1.29 is 9.84 Å². The summed E-state index contributed by atoms with van der Waals surface area (Å²) in [4.78, 5) is 8.76. The highest BCUT2D eigenvalue weighted by atomic mass is 79.9. The number of nitrogens with one attached hydrogen (secondary N) is 1. The third-order valence-corrected chi connectivity index (χ3v) is 2.94. The molecule has 17 heavy (non-hydrogen) atoms. The number of aliphatic hydroxyl groups excluding tert-OH is 1. The molecule has 2 N–H and O–H groups in total. The summed E-state index contributed by atoms with van der Waals surface area (Å²) in [7, 11) is 1.57. The number of rotatable bonds is 6. The van der Waals surface area contributed by atoms with Crippen LogP contribution in [0.25, 0.3) is 0 Å². The lowest BCUT2D eigenvalue weighted by molar-refractivity contribution is 0.0727. The van der Waals surface area contributed by atoms with Gasteiger partial charge in [-0.15, -0.1) is 0 Å². The molecule has 0 bridgehead atoms. The third kappa shape index (κ3) is 3.90. The van der Waals surface area contributed by atoms with Crippen molar-refractivity contribution in [3.8, 4) is 0 Å². The Morgan fingerprint density at radius 1 is 1.59 bits per heavy atom. The van der Waals surface area contributed by atoms with Crippen molar-refractivity contribution in [3.05, 3.63) is 16.5 Å². The van der Waals surface area contributed by atoms with E-state index in [1.54, 1.807) is 7.11 Å². The molecule has 1 aromatic rings. The Hall–Kier alpha value is -0.720. The number of halogens is 1. The molecule has 6 heteroatoms. The zero-order valence-electron chi connectivity index (χ0n) is 9.69. The molecule has 0 amide bonds. The number of nitrogens with zero attached hydrogens (tertiary/aromatic N) is 2. The first-order valence-corrected chi connectivity index (χ1v) is 6.43. The van der Waals surface area contributed by atoms with Gasteiger partial charge in [-0.1, -0.05) is 0 Å². The van der Waals surface area contributed by atoms with Gasteiger partial charge < -0.3 is 15.2 Å². The van der Waals surface area contributed by atoms with Gasteiger partial charge in [0.1, 0.15) is 16.2 Å². The lowest BCUT2D eigenvalue weighted by Crippen LogP contribution is -2.24. The second kappa shape index (κ2) is 5.75. The van der Waals surface area contributed by atoms with E-state index in [0.717, 1.165) is 16.2 Å². The minimum Gasteiger partial charge on any atom is -0.389 e. The average molecular weight is 302 g/mol. The zero-order valence-corrected chi connectivity index (χ0v) is 11.3. The summed E-state index contributed by atoms with van der Waals surface area (Å²) in [5.74, 6) is 2.13. The highest BCUT2D eigenvalue weighted by molar-refractivity contribution is 9.10. The number of anilines is 1. The SMILES string of the molecule is COCC(O)CNc1cc(Br)nc(C2CC2)n1. The quantitative estimate of drug-likeness (QED) is 0.780. The van der Waals surface area contributed by atoms with Gasteiger partial charge >= 0.3 is 0 Å². The Morgan fingerprint density at radius 2 is 2.35 bits per heavy atom. The molecule has 1 heterocycles. The maximum atomic E-state index is 9.53. The molecule has 5 nitrogen and oxygen atoms in total. The van der Waals surface area contributed by atoms with Crippen LogP contribution in [0.3, 0.4) is 0 Å². The maximum absolute atomic E-state index is 9.53. The number of hydrogen-bond donors (Lipinski definition) is 2. The normalized spacial score (nSPS) is 16.9. The van der Waals surface area contributed by atoms with Gasteiger partial charge in [0.2, 0.25) is 0 Å². The van der Waals surface area contributed by atoms with Gasteiger partial charge in [-0.05, 0) is 28.8 Å². The summed E-state index contributed by atoms with van der Waals surface area (Å²) in [5, 5.41) is 12.6. The van der Waals surface area contributed by atoms with E-state index in [1.807, 2.05) is 6.07 Å². The Balaban J connectivity index is 1.95. The summed E-state index contributed by atoms with van der Waals surface area (Å²) in [6.07, 6.45) is 1.81.